The molecule has 3 rings (SSSR count). The van der Waals surface area contributed by atoms with Crippen LogP contribution in [-0.4, -0.2) is 24.8 Å². The Labute approximate surface area is 177 Å². The molecule has 1 saturated heterocycles. The summed E-state index contributed by atoms with van der Waals surface area (Å²) in [7, 11) is 1.59. The van der Waals surface area contributed by atoms with Gasteiger partial charge in [-0.25, -0.2) is 4.99 Å². The predicted octanol–water partition coefficient (Wildman–Crippen LogP) is 5.36. The highest BCUT2D eigenvalue weighted by Gasteiger charge is 2.24. The molecule has 5 nitrogen and oxygen atoms in total. The van der Waals surface area contributed by atoms with Crippen molar-refractivity contribution >= 4 is 50.5 Å². The standard InChI is InChI=1S/C21H21BrN2O3S/c1-5-27-19-16(22)9-14(10-17(19)26-4)11-18-20(25)24-21(28-18)23-15-7-12(2)6-13(3)8-15/h6-11H,5H2,1-4H3,(H,23,24,25)/b18-11+. The van der Waals surface area contributed by atoms with E-state index in [2.05, 4.69) is 32.3 Å². The number of carbonyl (C=O) groups excluding carboxylic acids is 1. The summed E-state index contributed by atoms with van der Waals surface area (Å²) in [6.07, 6.45) is 1.81. The molecule has 2 aromatic rings. The summed E-state index contributed by atoms with van der Waals surface area (Å²) < 4.78 is 11.8. The molecule has 0 aliphatic carbocycles. The lowest BCUT2D eigenvalue weighted by Gasteiger charge is -2.12. The Hall–Kier alpha value is -2.25. The van der Waals surface area contributed by atoms with Crippen LogP contribution in [0.25, 0.3) is 6.08 Å². The van der Waals surface area contributed by atoms with Gasteiger partial charge in [-0.3, -0.25) is 4.79 Å². The molecule has 28 heavy (non-hydrogen) atoms. The molecule has 7 heteroatoms. The van der Waals surface area contributed by atoms with Gasteiger partial charge in [0, 0.05) is 0 Å². The minimum atomic E-state index is -0.169. The molecule has 1 heterocycles. The fourth-order valence-corrected chi connectivity index (χ4v) is 4.29. The maximum absolute atomic E-state index is 12.4. The van der Waals surface area contributed by atoms with Crippen LogP contribution in [0.4, 0.5) is 5.69 Å². The van der Waals surface area contributed by atoms with Gasteiger partial charge in [0.15, 0.2) is 16.7 Å². The first kappa shape index (κ1) is 20.5. The molecule has 1 fully saturated rings. The molecular formula is C21H21BrN2O3S. The first-order chi connectivity index (χ1) is 13.4. The fourth-order valence-electron chi connectivity index (χ4n) is 2.87. The number of aliphatic imine (C=N–C) groups is 1. The van der Waals surface area contributed by atoms with Gasteiger partial charge in [0.1, 0.15) is 0 Å². The molecule has 1 aliphatic rings. The summed E-state index contributed by atoms with van der Waals surface area (Å²) >= 11 is 4.83. The zero-order chi connectivity index (χ0) is 20.3. The number of hydrogen-bond acceptors (Lipinski definition) is 5. The van der Waals surface area contributed by atoms with Crippen LogP contribution in [0.5, 0.6) is 11.5 Å². The molecule has 2 aromatic carbocycles. The van der Waals surface area contributed by atoms with Crippen LogP contribution in [0.2, 0.25) is 0 Å². The van der Waals surface area contributed by atoms with E-state index < -0.39 is 0 Å². The van der Waals surface area contributed by atoms with E-state index in [0.717, 1.165) is 26.9 Å². The summed E-state index contributed by atoms with van der Waals surface area (Å²) in [6, 6.07) is 9.81. The Kier molecular flexibility index (Phi) is 6.46. The third-order valence-corrected chi connectivity index (χ3v) is 5.43. The Bertz CT molecular complexity index is 966. The number of carbonyl (C=O) groups is 1. The second-order valence-electron chi connectivity index (χ2n) is 6.29. The number of nitrogens with zero attached hydrogens (tertiary/aromatic N) is 1. The van der Waals surface area contributed by atoms with E-state index in [-0.39, 0.29) is 5.91 Å². The second-order valence-corrected chi connectivity index (χ2v) is 8.18. The largest absolute Gasteiger partial charge is 0.493 e. The lowest BCUT2D eigenvalue weighted by molar-refractivity contribution is -0.115. The van der Waals surface area contributed by atoms with Crippen LogP contribution in [0, 0.1) is 13.8 Å². The average molecular weight is 461 g/mol. The zero-order valence-corrected chi connectivity index (χ0v) is 18.5. The van der Waals surface area contributed by atoms with Crippen molar-refractivity contribution in [2.24, 2.45) is 4.99 Å². The highest BCUT2D eigenvalue weighted by Crippen LogP contribution is 2.38. The van der Waals surface area contributed by atoms with Crippen LogP contribution in [0.3, 0.4) is 0 Å². The maximum atomic E-state index is 12.4. The quantitative estimate of drug-likeness (QED) is 0.609. The van der Waals surface area contributed by atoms with E-state index in [1.54, 1.807) is 7.11 Å². The van der Waals surface area contributed by atoms with Gasteiger partial charge < -0.3 is 14.8 Å². The minimum absolute atomic E-state index is 0.169. The molecule has 1 N–H and O–H groups in total. The molecule has 0 aromatic heterocycles. The SMILES string of the molecule is CCOc1c(Br)cc(/C=C2/SC(=Nc3cc(C)cc(C)c3)NC2=O)cc1OC. The number of ether oxygens (including phenoxy) is 2. The van der Waals surface area contributed by atoms with E-state index in [9.17, 15) is 4.79 Å². The molecule has 0 unspecified atom stereocenters. The number of benzene rings is 2. The first-order valence-corrected chi connectivity index (χ1v) is 10.4. The summed E-state index contributed by atoms with van der Waals surface area (Å²) in [4.78, 5) is 17.5. The molecule has 0 bridgehead atoms. The molecule has 146 valence electrons. The van der Waals surface area contributed by atoms with Crippen molar-refractivity contribution in [2.75, 3.05) is 13.7 Å². The van der Waals surface area contributed by atoms with Gasteiger partial charge in [0.05, 0.1) is 28.8 Å². The smallest absolute Gasteiger partial charge is 0.264 e. The van der Waals surface area contributed by atoms with Crippen molar-refractivity contribution in [3.8, 4) is 11.5 Å². The van der Waals surface area contributed by atoms with Gasteiger partial charge in [-0.2, -0.15) is 0 Å². The van der Waals surface area contributed by atoms with Crippen LogP contribution in [-0.2, 0) is 4.79 Å². The van der Waals surface area contributed by atoms with E-state index in [1.165, 1.54) is 11.8 Å². The average Bonchev–Trinajstić information content (AvgIpc) is 2.95. The van der Waals surface area contributed by atoms with Crippen molar-refractivity contribution < 1.29 is 14.3 Å². The van der Waals surface area contributed by atoms with Gasteiger partial charge in [-0.05, 0) is 95.5 Å². The summed E-state index contributed by atoms with van der Waals surface area (Å²) in [5.74, 6) is 1.08. The summed E-state index contributed by atoms with van der Waals surface area (Å²) in [6.45, 7) is 6.50. The van der Waals surface area contributed by atoms with Crippen LogP contribution >= 0.6 is 27.7 Å². The van der Waals surface area contributed by atoms with Gasteiger partial charge in [0.2, 0.25) is 0 Å². The highest BCUT2D eigenvalue weighted by atomic mass is 79.9. The predicted molar refractivity (Wildman–Crippen MR) is 119 cm³/mol. The lowest BCUT2D eigenvalue weighted by atomic mass is 10.1. The number of halogens is 1. The van der Waals surface area contributed by atoms with Gasteiger partial charge >= 0.3 is 0 Å². The Balaban J connectivity index is 1.88. The van der Waals surface area contributed by atoms with E-state index in [4.69, 9.17) is 9.47 Å². The fraction of sp³-hybridized carbons (Fsp3) is 0.238. The third kappa shape index (κ3) is 4.77. The van der Waals surface area contributed by atoms with E-state index in [0.29, 0.717) is 28.2 Å². The van der Waals surface area contributed by atoms with Crippen molar-refractivity contribution in [2.45, 2.75) is 20.8 Å². The summed E-state index contributed by atoms with van der Waals surface area (Å²) in [5.41, 5.74) is 3.93. The lowest BCUT2D eigenvalue weighted by Crippen LogP contribution is -2.19. The Morgan fingerprint density at radius 1 is 1.18 bits per heavy atom. The second kappa shape index (κ2) is 8.84. The maximum Gasteiger partial charge on any atom is 0.264 e. The number of thioether (sulfide) groups is 1. The number of amides is 1. The Morgan fingerprint density at radius 2 is 1.89 bits per heavy atom. The number of rotatable bonds is 5. The molecule has 1 amide bonds. The minimum Gasteiger partial charge on any atom is -0.493 e. The van der Waals surface area contributed by atoms with Gasteiger partial charge in [0.25, 0.3) is 5.91 Å². The first-order valence-electron chi connectivity index (χ1n) is 8.77. The number of aryl methyl sites for hydroxylation is 2. The number of methoxy groups -OCH3 is 1. The Morgan fingerprint density at radius 3 is 2.54 bits per heavy atom. The topological polar surface area (TPSA) is 59.9 Å². The van der Waals surface area contributed by atoms with E-state index in [1.807, 2.05) is 51.1 Å². The summed E-state index contributed by atoms with van der Waals surface area (Å²) in [5, 5.41) is 3.39. The molecule has 0 spiro atoms. The highest BCUT2D eigenvalue weighted by molar-refractivity contribution is 9.10. The number of amidine groups is 1. The zero-order valence-electron chi connectivity index (χ0n) is 16.1. The van der Waals surface area contributed by atoms with Crippen molar-refractivity contribution in [1.29, 1.82) is 0 Å². The third-order valence-electron chi connectivity index (χ3n) is 3.93. The van der Waals surface area contributed by atoms with Crippen molar-refractivity contribution in [3.63, 3.8) is 0 Å². The van der Waals surface area contributed by atoms with E-state index >= 15 is 0 Å². The van der Waals surface area contributed by atoms with Crippen LogP contribution < -0.4 is 14.8 Å². The van der Waals surface area contributed by atoms with Gasteiger partial charge in [-0.15, -0.1) is 0 Å². The molecule has 0 atom stereocenters. The monoisotopic (exact) mass is 460 g/mol. The van der Waals surface area contributed by atoms with Gasteiger partial charge in [-0.1, -0.05) is 6.07 Å². The van der Waals surface area contributed by atoms with Crippen LogP contribution in [0.15, 0.2) is 44.7 Å². The molecule has 1 aliphatic heterocycles. The van der Waals surface area contributed by atoms with Crippen molar-refractivity contribution in [1.82, 2.24) is 5.32 Å². The molecular weight excluding hydrogens is 440 g/mol. The van der Waals surface area contributed by atoms with Crippen molar-refractivity contribution in [3.05, 3.63) is 56.4 Å². The number of nitrogens with one attached hydrogen (secondary N) is 1. The number of hydrogen-bond donors (Lipinski definition) is 1. The normalized spacial score (nSPS) is 16.5. The molecule has 0 radical (unpaired) electrons. The van der Waals surface area contributed by atoms with Crippen LogP contribution in [0.1, 0.15) is 23.6 Å². The molecule has 0 saturated carbocycles.